The van der Waals surface area contributed by atoms with E-state index < -0.39 is 5.97 Å². The average Bonchev–Trinajstić information content (AvgIpc) is 3.64. The number of rotatable bonds is 9. The Labute approximate surface area is 252 Å². The van der Waals surface area contributed by atoms with Crippen molar-refractivity contribution in [2.45, 2.75) is 65.5 Å². The number of allylic oxidation sites excluding steroid dienone is 3. The molecule has 1 fully saturated rings. The first-order chi connectivity index (χ1) is 20.9. The molecular weight excluding hydrogens is 544 g/mol. The molecule has 6 rings (SSSR count). The molecule has 2 aromatic heterocycles. The van der Waals surface area contributed by atoms with E-state index in [2.05, 4.69) is 42.1 Å². The lowest BCUT2D eigenvalue weighted by molar-refractivity contribution is 0.0692. The van der Waals surface area contributed by atoms with Gasteiger partial charge in [0, 0.05) is 31.3 Å². The highest BCUT2D eigenvalue weighted by atomic mass is 16.5. The molecule has 0 unspecified atom stereocenters. The molecule has 0 amide bonds. The quantitative estimate of drug-likeness (QED) is 0.351. The highest BCUT2D eigenvalue weighted by Crippen LogP contribution is 2.35. The number of carboxylic acid groups (broad SMARTS) is 1. The maximum Gasteiger partial charge on any atom is 0.342 e. The Kier molecular flexibility index (Phi) is 8.63. The molecule has 1 saturated heterocycles. The second-order valence-corrected chi connectivity index (χ2v) is 11.5. The number of aromatic nitrogens is 3. The van der Waals surface area contributed by atoms with Crippen LogP contribution in [0.4, 0.5) is 0 Å². The number of fused-ring (bicyclic) bond motifs is 1. The fourth-order valence-electron chi connectivity index (χ4n) is 6.46. The van der Waals surface area contributed by atoms with Crippen molar-refractivity contribution in [3.05, 3.63) is 87.4 Å². The number of aromatic carboxylic acids is 1. The van der Waals surface area contributed by atoms with E-state index in [0.717, 1.165) is 75.4 Å². The minimum Gasteiger partial charge on any atom is -0.488 e. The maximum absolute atomic E-state index is 11.7. The fourth-order valence-corrected chi connectivity index (χ4v) is 6.46. The number of nitrogens with zero attached hydrogens (tertiary/aromatic N) is 4. The fraction of sp³-hybridized carbons (Fsp3) is 0.441. The first-order valence-corrected chi connectivity index (χ1v) is 15.3. The molecule has 0 saturated carbocycles. The van der Waals surface area contributed by atoms with Gasteiger partial charge < -0.3 is 19.3 Å². The summed E-state index contributed by atoms with van der Waals surface area (Å²) in [4.78, 5) is 19.2. The van der Waals surface area contributed by atoms with Gasteiger partial charge in [-0.1, -0.05) is 24.3 Å². The van der Waals surface area contributed by atoms with Crippen LogP contribution in [-0.4, -0.2) is 69.7 Å². The number of hydrogen-bond donors (Lipinski definition) is 1. The average molecular weight is 585 g/mol. The van der Waals surface area contributed by atoms with E-state index in [0.29, 0.717) is 25.1 Å². The van der Waals surface area contributed by atoms with Gasteiger partial charge in [-0.05, 0) is 92.8 Å². The van der Waals surface area contributed by atoms with Gasteiger partial charge in [0.1, 0.15) is 17.9 Å². The van der Waals surface area contributed by atoms with Gasteiger partial charge in [0.05, 0.1) is 25.1 Å². The third-order valence-corrected chi connectivity index (χ3v) is 8.88. The zero-order valence-electron chi connectivity index (χ0n) is 25.3. The van der Waals surface area contributed by atoms with E-state index in [-0.39, 0.29) is 11.4 Å². The van der Waals surface area contributed by atoms with Crippen molar-refractivity contribution in [2.75, 3.05) is 32.9 Å². The van der Waals surface area contributed by atoms with E-state index in [1.54, 1.807) is 6.07 Å². The van der Waals surface area contributed by atoms with Gasteiger partial charge >= 0.3 is 5.97 Å². The van der Waals surface area contributed by atoms with E-state index >= 15 is 0 Å². The van der Waals surface area contributed by atoms with Crippen LogP contribution >= 0.6 is 0 Å². The van der Waals surface area contributed by atoms with E-state index in [1.807, 2.05) is 19.1 Å². The third-order valence-electron chi connectivity index (χ3n) is 8.88. The Hall–Kier alpha value is -3.95. The van der Waals surface area contributed by atoms with Crippen LogP contribution in [0.25, 0.3) is 11.4 Å². The van der Waals surface area contributed by atoms with Crippen LogP contribution in [0.1, 0.15) is 71.4 Å². The summed E-state index contributed by atoms with van der Waals surface area (Å²) in [7, 11) is 0. The first kappa shape index (κ1) is 29.1. The molecule has 1 atom stereocenters. The van der Waals surface area contributed by atoms with Crippen LogP contribution in [-0.2, 0) is 28.9 Å². The van der Waals surface area contributed by atoms with Crippen LogP contribution in [0.5, 0.6) is 5.88 Å². The Morgan fingerprint density at radius 2 is 1.98 bits per heavy atom. The lowest BCUT2D eigenvalue weighted by Gasteiger charge is -2.25. The summed E-state index contributed by atoms with van der Waals surface area (Å²) in [5.41, 5.74) is 8.34. The molecule has 0 spiro atoms. The SMILES string of the molecule is CCOc1c(C(=O)O)cnn1-c1cccc(C2=CCCC(C)=C2OCc2ccc3c(c2C)CCN([C@H]2CCOC2)CC3)n1. The molecule has 9 heteroatoms. The minimum atomic E-state index is -1.09. The van der Waals surface area contributed by atoms with Crippen molar-refractivity contribution in [1.82, 2.24) is 19.7 Å². The molecule has 0 bridgehead atoms. The van der Waals surface area contributed by atoms with Gasteiger partial charge in [0.2, 0.25) is 5.88 Å². The molecule has 2 aliphatic heterocycles. The largest absolute Gasteiger partial charge is 0.488 e. The van der Waals surface area contributed by atoms with Crippen molar-refractivity contribution in [3.8, 4) is 11.7 Å². The summed E-state index contributed by atoms with van der Waals surface area (Å²) < 4.78 is 19.4. The normalized spacial score (nSPS) is 19.1. The number of benzene rings is 1. The van der Waals surface area contributed by atoms with Gasteiger partial charge in [-0.3, -0.25) is 4.90 Å². The Morgan fingerprint density at radius 3 is 2.77 bits per heavy atom. The van der Waals surface area contributed by atoms with E-state index in [4.69, 9.17) is 19.2 Å². The van der Waals surface area contributed by atoms with Gasteiger partial charge in [-0.25, -0.2) is 9.78 Å². The number of ether oxygens (including phenoxy) is 3. The van der Waals surface area contributed by atoms with Crippen LogP contribution in [0.2, 0.25) is 0 Å². The number of pyridine rings is 1. The summed E-state index contributed by atoms with van der Waals surface area (Å²) in [5.74, 6) is 0.411. The Bertz CT molecular complexity index is 1570. The summed E-state index contributed by atoms with van der Waals surface area (Å²) in [6, 6.07) is 10.7. The van der Waals surface area contributed by atoms with Gasteiger partial charge in [0.15, 0.2) is 5.82 Å². The summed E-state index contributed by atoms with van der Waals surface area (Å²) >= 11 is 0. The predicted octanol–water partition coefficient (Wildman–Crippen LogP) is 5.53. The van der Waals surface area contributed by atoms with E-state index in [1.165, 1.54) is 38.7 Å². The monoisotopic (exact) mass is 584 g/mol. The molecule has 43 heavy (non-hydrogen) atoms. The van der Waals surface area contributed by atoms with Crippen LogP contribution < -0.4 is 4.74 Å². The lowest BCUT2D eigenvalue weighted by Crippen LogP contribution is -2.37. The summed E-state index contributed by atoms with van der Waals surface area (Å²) in [6.45, 7) is 10.9. The van der Waals surface area contributed by atoms with Gasteiger partial charge in [0.25, 0.3) is 0 Å². The highest BCUT2D eigenvalue weighted by Gasteiger charge is 2.27. The smallest absolute Gasteiger partial charge is 0.342 e. The maximum atomic E-state index is 11.7. The van der Waals surface area contributed by atoms with Crippen molar-refractivity contribution >= 4 is 11.5 Å². The minimum absolute atomic E-state index is 0.00193. The Morgan fingerprint density at radius 1 is 1.12 bits per heavy atom. The van der Waals surface area contributed by atoms with Crippen LogP contribution in [0, 0.1) is 6.92 Å². The number of carboxylic acids is 1. The summed E-state index contributed by atoms with van der Waals surface area (Å²) in [5, 5.41) is 13.9. The van der Waals surface area contributed by atoms with Crippen molar-refractivity contribution < 1.29 is 24.1 Å². The zero-order chi connectivity index (χ0) is 29.9. The molecule has 1 aliphatic carbocycles. The topological polar surface area (TPSA) is 98.9 Å². The number of carbonyl (C=O) groups is 1. The Balaban J connectivity index is 1.22. The van der Waals surface area contributed by atoms with E-state index in [9.17, 15) is 9.90 Å². The third kappa shape index (κ3) is 5.96. The molecule has 226 valence electrons. The molecule has 9 nitrogen and oxygen atoms in total. The second kappa shape index (κ2) is 12.7. The van der Waals surface area contributed by atoms with Crippen molar-refractivity contribution in [2.24, 2.45) is 0 Å². The van der Waals surface area contributed by atoms with Crippen LogP contribution in [0.15, 0.2) is 53.9 Å². The molecule has 4 heterocycles. The predicted molar refractivity (Wildman–Crippen MR) is 164 cm³/mol. The van der Waals surface area contributed by atoms with Gasteiger partial charge in [-0.2, -0.15) is 9.78 Å². The highest BCUT2D eigenvalue weighted by molar-refractivity contribution is 5.90. The molecular formula is C34H40N4O5. The zero-order valence-corrected chi connectivity index (χ0v) is 25.3. The van der Waals surface area contributed by atoms with Crippen molar-refractivity contribution in [3.63, 3.8) is 0 Å². The van der Waals surface area contributed by atoms with Crippen LogP contribution in [0.3, 0.4) is 0 Å². The molecule has 3 aromatic rings. The standard InChI is InChI=1S/C34H40N4O5/c1-4-42-33-29(34(39)40)19-35-38(33)31-10-6-9-30(36-31)28-8-5-7-22(2)32(28)43-20-25-12-11-24-13-16-37(26-15-18-41-21-26)17-14-27(24)23(25)3/h6,8-12,19,26H,4-5,7,13-18,20-21H2,1-3H3,(H,39,40)/t26-/m0/s1. The van der Waals surface area contributed by atoms with Gasteiger partial charge in [-0.15, -0.1) is 0 Å². The second-order valence-electron chi connectivity index (χ2n) is 11.5. The summed E-state index contributed by atoms with van der Waals surface area (Å²) in [6.07, 6.45) is 8.56. The molecule has 3 aliphatic rings. The molecule has 1 aromatic carbocycles. The van der Waals surface area contributed by atoms with Crippen molar-refractivity contribution in [1.29, 1.82) is 0 Å². The number of hydrogen-bond acceptors (Lipinski definition) is 7. The molecule has 0 radical (unpaired) electrons. The lowest BCUT2D eigenvalue weighted by atomic mass is 9.93. The molecule has 1 N–H and O–H groups in total. The first-order valence-electron chi connectivity index (χ1n) is 15.3.